The van der Waals surface area contributed by atoms with E-state index in [-0.39, 0.29) is 5.15 Å². The van der Waals surface area contributed by atoms with Gasteiger partial charge in [-0.1, -0.05) is 23.2 Å². The summed E-state index contributed by atoms with van der Waals surface area (Å²) in [6.07, 6.45) is 0. The highest BCUT2D eigenvalue weighted by atomic mass is 35.5. The third-order valence-corrected chi connectivity index (χ3v) is 2.87. The van der Waals surface area contributed by atoms with Gasteiger partial charge in [0.1, 0.15) is 5.82 Å². The molecule has 0 saturated carbocycles. The number of aromatic nitrogens is 2. The highest BCUT2D eigenvalue weighted by molar-refractivity contribution is 6.32. The van der Waals surface area contributed by atoms with E-state index in [1.807, 2.05) is 13.8 Å². The Balaban J connectivity index is 2.36. The number of benzene rings is 1. The molecule has 6 heteroatoms. The molecule has 0 atom stereocenters. The molecule has 0 spiro atoms. The number of aryl methyl sites for hydroxylation is 2. The second-order valence-electron chi connectivity index (χ2n) is 3.82. The molecular formula is C12H10Cl2FN3. The van der Waals surface area contributed by atoms with E-state index in [0.717, 1.165) is 11.4 Å². The van der Waals surface area contributed by atoms with Crippen molar-refractivity contribution in [1.29, 1.82) is 0 Å². The molecular weight excluding hydrogens is 276 g/mol. The van der Waals surface area contributed by atoms with Gasteiger partial charge in [0, 0.05) is 10.7 Å². The van der Waals surface area contributed by atoms with Crippen molar-refractivity contribution in [2.75, 3.05) is 5.32 Å². The topological polar surface area (TPSA) is 37.8 Å². The van der Waals surface area contributed by atoms with E-state index in [4.69, 9.17) is 23.2 Å². The van der Waals surface area contributed by atoms with Crippen LogP contribution in [0.3, 0.4) is 0 Å². The van der Waals surface area contributed by atoms with E-state index >= 15 is 0 Å². The lowest BCUT2D eigenvalue weighted by Crippen LogP contribution is -2.01. The van der Waals surface area contributed by atoms with Crippen LogP contribution in [0.1, 0.15) is 11.4 Å². The minimum atomic E-state index is -0.432. The molecule has 2 aromatic rings. The van der Waals surface area contributed by atoms with Crippen LogP contribution in [0.4, 0.5) is 15.9 Å². The first-order chi connectivity index (χ1) is 8.45. The molecule has 1 aromatic heterocycles. The summed E-state index contributed by atoms with van der Waals surface area (Å²) in [4.78, 5) is 8.38. The highest BCUT2D eigenvalue weighted by Crippen LogP contribution is 2.25. The zero-order valence-electron chi connectivity index (χ0n) is 9.76. The lowest BCUT2D eigenvalue weighted by Gasteiger charge is -2.09. The number of hydrogen-bond donors (Lipinski definition) is 1. The van der Waals surface area contributed by atoms with Crippen molar-refractivity contribution in [1.82, 2.24) is 9.97 Å². The monoisotopic (exact) mass is 285 g/mol. The quantitative estimate of drug-likeness (QED) is 0.895. The fourth-order valence-electron chi connectivity index (χ4n) is 1.42. The number of rotatable bonds is 2. The van der Waals surface area contributed by atoms with Crippen LogP contribution in [0.2, 0.25) is 10.2 Å². The van der Waals surface area contributed by atoms with E-state index in [9.17, 15) is 4.39 Å². The minimum absolute atomic E-state index is 0.235. The van der Waals surface area contributed by atoms with Crippen molar-refractivity contribution < 1.29 is 4.39 Å². The summed E-state index contributed by atoms with van der Waals surface area (Å²) in [6, 6.07) is 4.11. The molecule has 0 saturated heterocycles. The van der Waals surface area contributed by atoms with Gasteiger partial charge in [-0.25, -0.2) is 14.4 Å². The van der Waals surface area contributed by atoms with Gasteiger partial charge in [0.15, 0.2) is 11.0 Å². The number of hydrogen-bond acceptors (Lipinski definition) is 3. The molecule has 1 N–H and O–H groups in total. The molecule has 0 unspecified atom stereocenters. The maximum Gasteiger partial charge on any atom is 0.172 e. The molecule has 3 nitrogen and oxygen atoms in total. The van der Waals surface area contributed by atoms with E-state index in [0.29, 0.717) is 16.5 Å². The zero-order valence-corrected chi connectivity index (χ0v) is 11.3. The molecule has 18 heavy (non-hydrogen) atoms. The van der Waals surface area contributed by atoms with Gasteiger partial charge >= 0.3 is 0 Å². The highest BCUT2D eigenvalue weighted by Gasteiger charge is 2.08. The summed E-state index contributed by atoms with van der Waals surface area (Å²) >= 11 is 11.7. The van der Waals surface area contributed by atoms with Gasteiger partial charge in [-0.2, -0.15) is 0 Å². The summed E-state index contributed by atoms with van der Waals surface area (Å²) in [5.41, 5.74) is 1.98. The van der Waals surface area contributed by atoms with Gasteiger partial charge in [0.05, 0.1) is 11.4 Å². The third-order valence-electron chi connectivity index (χ3n) is 2.39. The molecule has 1 aromatic carbocycles. The largest absolute Gasteiger partial charge is 0.338 e. The number of nitrogens with zero attached hydrogens (tertiary/aromatic N) is 2. The normalized spacial score (nSPS) is 10.5. The SMILES string of the molecule is Cc1nc(Cl)c(Nc2cc(F)cc(Cl)c2)nc1C. The summed E-state index contributed by atoms with van der Waals surface area (Å²) < 4.78 is 13.2. The van der Waals surface area contributed by atoms with Crippen LogP contribution in [-0.2, 0) is 0 Å². The summed E-state index contributed by atoms with van der Waals surface area (Å²) in [7, 11) is 0. The van der Waals surface area contributed by atoms with Crippen molar-refractivity contribution >= 4 is 34.7 Å². The predicted octanol–water partition coefficient (Wildman–Crippen LogP) is 4.28. The molecule has 0 aliphatic heterocycles. The average molecular weight is 286 g/mol. The molecule has 0 amide bonds. The summed E-state index contributed by atoms with van der Waals surface area (Å²) in [5.74, 6) is -0.0562. The molecule has 0 fully saturated rings. The molecule has 0 aliphatic carbocycles. The van der Waals surface area contributed by atoms with Gasteiger partial charge in [0.25, 0.3) is 0 Å². The first-order valence-corrected chi connectivity index (χ1v) is 5.95. The van der Waals surface area contributed by atoms with Crippen LogP contribution in [-0.4, -0.2) is 9.97 Å². The van der Waals surface area contributed by atoms with Crippen LogP contribution in [0.15, 0.2) is 18.2 Å². The average Bonchev–Trinajstić information content (AvgIpc) is 2.24. The van der Waals surface area contributed by atoms with Crippen LogP contribution in [0, 0.1) is 19.7 Å². The minimum Gasteiger partial charge on any atom is -0.338 e. The summed E-state index contributed by atoms with van der Waals surface area (Å²) in [6.45, 7) is 3.64. The van der Waals surface area contributed by atoms with E-state index in [1.165, 1.54) is 12.1 Å². The van der Waals surface area contributed by atoms with E-state index in [1.54, 1.807) is 6.07 Å². The van der Waals surface area contributed by atoms with Crippen molar-refractivity contribution in [3.8, 4) is 0 Å². The molecule has 0 aliphatic rings. The fraction of sp³-hybridized carbons (Fsp3) is 0.167. The van der Waals surface area contributed by atoms with Crippen LogP contribution in [0.5, 0.6) is 0 Å². The van der Waals surface area contributed by atoms with Gasteiger partial charge in [-0.3, -0.25) is 0 Å². The molecule has 2 rings (SSSR count). The van der Waals surface area contributed by atoms with Crippen LogP contribution in [0.25, 0.3) is 0 Å². The fourth-order valence-corrected chi connectivity index (χ4v) is 1.86. The lowest BCUT2D eigenvalue weighted by atomic mass is 10.3. The van der Waals surface area contributed by atoms with Gasteiger partial charge in [-0.05, 0) is 32.0 Å². The molecule has 94 valence electrons. The Labute approximate surface area is 114 Å². The Morgan fingerprint density at radius 3 is 2.39 bits per heavy atom. The molecule has 0 bridgehead atoms. The van der Waals surface area contributed by atoms with Crippen molar-refractivity contribution in [2.24, 2.45) is 0 Å². The lowest BCUT2D eigenvalue weighted by molar-refractivity contribution is 0.628. The Bertz CT molecular complexity index is 582. The second kappa shape index (κ2) is 5.08. The number of halogens is 3. The van der Waals surface area contributed by atoms with E-state index < -0.39 is 5.82 Å². The Hall–Kier alpha value is -1.39. The van der Waals surface area contributed by atoms with Gasteiger partial charge in [-0.15, -0.1) is 0 Å². The van der Waals surface area contributed by atoms with Crippen molar-refractivity contribution in [3.05, 3.63) is 45.6 Å². The van der Waals surface area contributed by atoms with E-state index in [2.05, 4.69) is 15.3 Å². The zero-order chi connectivity index (χ0) is 13.3. The maximum atomic E-state index is 13.2. The smallest absolute Gasteiger partial charge is 0.172 e. The number of anilines is 2. The Morgan fingerprint density at radius 2 is 1.72 bits per heavy atom. The van der Waals surface area contributed by atoms with Gasteiger partial charge in [0.2, 0.25) is 0 Å². The van der Waals surface area contributed by atoms with Gasteiger partial charge < -0.3 is 5.32 Å². The van der Waals surface area contributed by atoms with Crippen LogP contribution >= 0.6 is 23.2 Å². The second-order valence-corrected chi connectivity index (χ2v) is 4.61. The first kappa shape index (κ1) is 13.1. The Morgan fingerprint density at radius 1 is 1.06 bits per heavy atom. The third kappa shape index (κ3) is 2.89. The standard InChI is InChI=1S/C12H10Cl2FN3/c1-6-7(2)17-12(11(14)16-6)18-10-4-8(13)3-9(15)5-10/h3-5H,1-2H3,(H,17,18). The first-order valence-electron chi connectivity index (χ1n) is 5.19. The van der Waals surface area contributed by atoms with Crippen molar-refractivity contribution in [2.45, 2.75) is 13.8 Å². The number of nitrogens with one attached hydrogen (secondary N) is 1. The molecule has 0 radical (unpaired) electrons. The summed E-state index contributed by atoms with van der Waals surface area (Å²) in [5, 5.41) is 3.42. The van der Waals surface area contributed by atoms with Crippen LogP contribution < -0.4 is 5.32 Å². The van der Waals surface area contributed by atoms with Crippen molar-refractivity contribution in [3.63, 3.8) is 0 Å². The molecule has 1 heterocycles. The predicted molar refractivity (Wildman–Crippen MR) is 71.2 cm³/mol. The Kier molecular flexibility index (Phi) is 3.68. The maximum absolute atomic E-state index is 13.2.